The molecule has 2 aromatic rings. The second-order valence-corrected chi connectivity index (χ2v) is 7.42. The molecule has 1 saturated carbocycles. The SMILES string of the molecule is O=C(c1csc(C2CCCCC2)n1)N1CCOC(c2ccco2)C1. The summed E-state index contributed by atoms with van der Waals surface area (Å²) in [6.07, 6.45) is 7.75. The number of amides is 1. The Labute approximate surface area is 145 Å². The van der Waals surface area contributed by atoms with Crippen molar-refractivity contribution >= 4 is 17.2 Å². The van der Waals surface area contributed by atoms with Crippen molar-refractivity contribution in [2.24, 2.45) is 0 Å². The molecule has 2 aromatic heterocycles. The van der Waals surface area contributed by atoms with Gasteiger partial charge in [-0.1, -0.05) is 19.3 Å². The molecular weight excluding hydrogens is 324 g/mol. The Kier molecular flexibility index (Phi) is 4.67. The highest BCUT2D eigenvalue weighted by molar-refractivity contribution is 7.09. The van der Waals surface area contributed by atoms with Gasteiger partial charge in [0.15, 0.2) is 0 Å². The molecule has 0 bridgehead atoms. The highest BCUT2D eigenvalue weighted by Crippen LogP contribution is 2.34. The monoisotopic (exact) mass is 346 g/mol. The molecule has 128 valence electrons. The standard InChI is InChI=1S/C18H22N2O3S/c21-18(14-12-24-17(19-14)13-5-2-1-3-6-13)20-8-10-23-16(11-20)15-7-4-9-22-15/h4,7,9,12-13,16H,1-3,5-6,8,10-11H2. The summed E-state index contributed by atoms with van der Waals surface area (Å²) in [4.78, 5) is 19.3. The van der Waals surface area contributed by atoms with Crippen LogP contribution in [0, 0.1) is 0 Å². The van der Waals surface area contributed by atoms with Crippen LogP contribution in [-0.2, 0) is 4.74 Å². The average Bonchev–Trinajstić information content (AvgIpc) is 3.34. The van der Waals surface area contributed by atoms with Gasteiger partial charge in [0.1, 0.15) is 17.6 Å². The van der Waals surface area contributed by atoms with E-state index in [0.29, 0.717) is 31.3 Å². The fourth-order valence-electron chi connectivity index (χ4n) is 3.57. The number of morpholine rings is 1. The molecule has 0 aromatic carbocycles. The molecule has 0 spiro atoms. The zero-order valence-electron chi connectivity index (χ0n) is 13.6. The van der Waals surface area contributed by atoms with E-state index in [4.69, 9.17) is 9.15 Å². The van der Waals surface area contributed by atoms with E-state index >= 15 is 0 Å². The second-order valence-electron chi connectivity index (χ2n) is 6.53. The van der Waals surface area contributed by atoms with Crippen molar-refractivity contribution in [2.45, 2.75) is 44.1 Å². The van der Waals surface area contributed by atoms with Crippen molar-refractivity contribution in [2.75, 3.05) is 19.7 Å². The lowest BCUT2D eigenvalue weighted by Crippen LogP contribution is -2.42. The minimum absolute atomic E-state index is 0.00756. The van der Waals surface area contributed by atoms with Gasteiger partial charge in [0.05, 0.1) is 24.4 Å². The Morgan fingerprint density at radius 1 is 1.29 bits per heavy atom. The number of furan rings is 1. The summed E-state index contributed by atoms with van der Waals surface area (Å²) < 4.78 is 11.1. The number of aromatic nitrogens is 1. The second kappa shape index (κ2) is 7.07. The van der Waals surface area contributed by atoms with Crippen molar-refractivity contribution < 1.29 is 13.9 Å². The molecule has 1 amide bonds. The van der Waals surface area contributed by atoms with Gasteiger partial charge in [-0.3, -0.25) is 4.79 Å². The lowest BCUT2D eigenvalue weighted by molar-refractivity contribution is -0.0322. The van der Waals surface area contributed by atoms with Crippen molar-refractivity contribution in [1.29, 1.82) is 0 Å². The number of carbonyl (C=O) groups is 1. The number of ether oxygens (including phenoxy) is 1. The topological polar surface area (TPSA) is 55.6 Å². The molecule has 6 heteroatoms. The predicted octanol–water partition coefficient (Wildman–Crippen LogP) is 4.00. The van der Waals surface area contributed by atoms with Gasteiger partial charge in [-0.25, -0.2) is 4.98 Å². The maximum Gasteiger partial charge on any atom is 0.273 e. The normalized spacial score (nSPS) is 22.7. The minimum Gasteiger partial charge on any atom is -0.467 e. The van der Waals surface area contributed by atoms with Crippen LogP contribution in [0.15, 0.2) is 28.2 Å². The Hall–Kier alpha value is -1.66. The zero-order valence-corrected chi connectivity index (χ0v) is 14.5. The highest BCUT2D eigenvalue weighted by atomic mass is 32.1. The van der Waals surface area contributed by atoms with Gasteiger partial charge < -0.3 is 14.1 Å². The Morgan fingerprint density at radius 3 is 2.96 bits per heavy atom. The molecule has 2 aliphatic rings. The maximum absolute atomic E-state index is 12.8. The minimum atomic E-state index is -0.186. The number of hydrogen-bond acceptors (Lipinski definition) is 5. The molecule has 1 unspecified atom stereocenters. The third kappa shape index (κ3) is 3.26. The fraction of sp³-hybridized carbons (Fsp3) is 0.556. The fourth-order valence-corrected chi connectivity index (χ4v) is 4.53. The molecule has 1 aliphatic carbocycles. The molecule has 1 aliphatic heterocycles. The van der Waals surface area contributed by atoms with Crippen LogP contribution in [0.1, 0.15) is 65.4 Å². The summed E-state index contributed by atoms with van der Waals surface area (Å²) in [5, 5.41) is 3.05. The summed E-state index contributed by atoms with van der Waals surface area (Å²) in [5.74, 6) is 1.33. The van der Waals surface area contributed by atoms with Crippen LogP contribution in [0.2, 0.25) is 0 Å². The summed E-state index contributed by atoms with van der Waals surface area (Å²) in [7, 11) is 0. The van der Waals surface area contributed by atoms with Gasteiger partial charge in [-0.15, -0.1) is 11.3 Å². The van der Waals surface area contributed by atoms with Crippen molar-refractivity contribution in [3.05, 3.63) is 40.2 Å². The lowest BCUT2D eigenvalue weighted by atomic mass is 9.90. The first-order valence-electron chi connectivity index (χ1n) is 8.71. The quantitative estimate of drug-likeness (QED) is 0.843. The van der Waals surface area contributed by atoms with Crippen molar-refractivity contribution in [3.8, 4) is 0 Å². The summed E-state index contributed by atoms with van der Waals surface area (Å²) in [6.45, 7) is 1.64. The average molecular weight is 346 g/mol. The largest absolute Gasteiger partial charge is 0.467 e. The van der Waals surface area contributed by atoms with E-state index in [1.807, 2.05) is 22.4 Å². The third-order valence-corrected chi connectivity index (χ3v) is 5.92. The van der Waals surface area contributed by atoms with Gasteiger partial charge in [-0.2, -0.15) is 0 Å². The molecule has 2 fully saturated rings. The lowest BCUT2D eigenvalue weighted by Gasteiger charge is -2.31. The highest BCUT2D eigenvalue weighted by Gasteiger charge is 2.29. The van der Waals surface area contributed by atoms with Crippen LogP contribution >= 0.6 is 11.3 Å². The van der Waals surface area contributed by atoms with E-state index in [2.05, 4.69) is 4.98 Å². The van der Waals surface area contributed by atoms with Crippen molar-refractivity contribution in [3.63, 3.8) is 0 Å². The molecule has 4 rings (SSSR count). The van der Waals surface area contributed by atoms with Gasteiger partial charge in [0, 0.05) is 17.8 Å². The summed E-state index contributed by atoms with van der Waals surface area (Å²) >= 11 is 1.64. The van der Waals surface area contributed by atoms with Gasteiger partial charge >= 0.3 is 0 Å². The smallest absolute Gasteiger partial charge is 0.273 e. The molecule has 3 heterocycles. The number of hydrogen-bond donors (Lipinski definition) is 0. The van der Waals surface area contributed by atoms with E-state index in [1.165, 1.54) is 32.1 Å². The summed E-state index contributed by atoms with van der Waals surface area (Å²) in [6, 6.07) is 3.74. The molecule has 5 nitrogen and oxygen atoms in total. The first-order chi connectivity index (χ1) is 11.8. The first-order valence-corrected chi connectivity index (χ1v) is 9.59. The molecular formula is C18H22N2O3S. The van der Waals surface area contributed by atoms with E-state index in [0.717, 1.165) is 10.8 Å². The maximum atomic E-state index is 12.8. The molecule has 24 heavy (non-hydrogen) atoms. The zero-order chi connectivity index (χ0) is 16.4. The van der Waals surface area contributed by atoms with E-state index < -0.39 is 0 Å². The van der Waals surface area contributed by atoms with Crippen LogP contribution in [-0.4, -0.2) is 35.5 Å². The number of nitrogens with zero attached hydrogens (tertiary/aromatic N) is 2. The van der Waals surface area contributed by atoms with E-state index in [-0.39, 0.29) is 12.0 Å². The van der Waals surface area contributed by atoms with Crippen LogP contribution in [0.5, 0.6) is 0 Å². The molecule has 0 radical (unpaired) electrons. The van der Waals surface area contributed by atoms with Crippen LogP contribution in [0.25, 0.3) is 0 Å². The first kappa shape index (κ1) is 15.8. The van der Waals surface area contributed by atoms with Gasteiger partial charge in [0.2, 0.25) is 0 Å². The van der Waals surface area contributed by atoms with Gasteiger partial charge in [-0.05, 0) is 25.0 Å². The van der Waals surface area contributed by atoms with Crippen molar-refractivity contribution in [1.82, 2.24) is 9.88 Å². The van der Waals surface area contributed by atoms with Crippen LogP contribution in [0.4, 0.5) is 0 Å². The number of rotatable bonds is 3. The van der Waals surface area contributed by atoms with Crippen LogP contribution < -0.4 is 0 Å². The predicted molar refractivity (Wildman–Crippen MR) is 91.2 cm³/mol. The van der Waals surface area contributed by atoms with Crippen LogP contribution in [0.3, 0.4) is 0 Å². The van der Waals surface area contributed by atoms with E-state index in [9.17, 15) is 4.79 Å². The molecule has 1 saturated heterocycles. The summed E-state index contributed by atoms with van der Waals surface area (Å²) in [5.41, 5.74) is 0.584. The Bertz CT molecular complexity index is 676. The number of thiazole rings is 1. The van der Waals surface area contributed by atoms with E-state index in [1.54, 1.807) is 17.6 Å². The Morgan fingerprint density at radius 2 is 2.17 bits per heavy atom. The van der Waals surface area contributed by atoms with Gasteiger partial charge in [0.25, 0.3) is 5.91 Å². The molecule has 1 atom stereocenters. The third-order valence-electron chi connectivity index (χ3n) is 4.91. The number of carbonyl (C=O) groups excluding carboxylic acids is 1. The Balaban J connectivity index is 1.44. The molecule has 0 N–H and O–H groups in total.